The first kappa shape index (κ1) is 100. The molecule has 5 aromatic rings. The van der Waals surface area contributed by atoms with E-state index >= 15 is 43.2 Å². The number of nitrogens with two attached hydrogens (primary N) is 2. The third-order valence-corrected chi connectivity index (χ3v) is 26.5. The van der Waals surface area contributed by atoms with Gasteiger partial charge in [0, 0.05) is 105 Å². The first-order chi connectivity index (χ1) is 63.1. The Balaban J connectivity index is 0.933. The van der Waals surface area contributed by atoms with Crippen molar-refractivity contribution in [3.05, 3.63) is 102 Å². The summed E-state index contributed by atoms with van der Waals surface area (Å²) in [6, 6.07) is 0.532. The van der Waals surface area contributed by atoms with Gasteiger partial charge in [0.05, 0.1) is 31.1 Å². The molecule has 41 heteroatoms. The Labute approximate surface area is 768 Å². The number of carboxylic acid groups (broad SMARTS) is 1. The maximum Gasteiger partial charge on any atom is 0.323 e. The van der Waals surface area contributed by atoms with Crippen LogP contribution in [-0.2, 0) is 107 Å². The average molecular weight is 1850 g/mol. The highest BCUT2D eigenvalue weighted by molar-refractivity contribution is 8.00. The molecular formula is C91H125N19O21S. The van der Waals surface area contributed by atoms with Crippen LogP contribution < -0.4 is 64.6 Å². The number of piperidine rings is 1. The van der Waals surface area contributed by atoms with Gasteiger partial charge in [-0.25, -0.2) is 0 Å². The number of nitrogens with zero attached hydrogens (tertiary/aromatic N) is 6. The Morgan fingerprint density at radius 3 is 1.77 bits per heavy atom. The van der Waals surface area contributed by atoms with E-state index in [4.69, 9.17) is 11.5 Å². The average Bonchev–Trinajstić information content (AvgIpc) is 1.62. The van der Waals surface area contributed by atoms with Crippen molar-refractivity contribution in [3.63, 3.8) is 0 Å². The predicted molar refractivity (Wildman–Crippen MR) is 483 cm³/mol. The van der Waals surface area contributed by atoms with Crippen molar-refractivity contribution in [1.82, 2.24) is 87.2 Å². The number of aromatic hydroxyl groups is 1. The van der Waals surface area contributed by atoms with E-state index in [-0.39, 0.29) is 101 Å². The van der Waals surface area contributed by atoms with Crippen LogP contribution in [0, 0.1) is 5.92 Å². The third kappa shape index (κ3) is 25.9. The molecular weight excluding hydrogens is 1730 g/mol. The second-order valence-electron chi connectivity index (χ2n) is 35.7. The number of hydrogen-bond acceptors (Lipinski definition) is 22. The van der Waals surface area contributed by atoms with Gasteiger partial charge in [0.1, 0.15) is 90.8 Å². The van der Waals surface area contributed by atoms with Crippen LogP contribution in [-0.4, -0.2) is 310 Å². The SMILES string of the molecule is CCCCC1NC(=O)[C@H](Cc2cn(CC(=O)O)c3ccccc23)NC(=O)[C@H](CCN)NC(=O)[C@H](Cc2c[nH]c3ccccc23)NC(=O)[C@@H]2C[C@@H](O)CN2C(=O)[C@H](CC(C)C)NC(=O)CNC(=O)[C@H]2CCC3CC[C@@H](NC(=O)[C@@H]4C[C@H](O)CN4C(=O)[C@H](Cc4ccc(O)cc4)NC(=O)CSC[C@@H](C(=O)NCC(N)=O)N(C)C(=O)[C@@H]4CCCCCCCCC(C(=O)N4)N(C)C1=O)C(=O)N32. The Morgan fingerprint density at radius 1 is 0.545 bits per heavy atom. The second kappa shape index (κ2) is 46.7. The van der Waals surface area contributed by atoms with Gasteiger partial charge < -0.3 is 119 Å². The summed E-state index contributed by atoms with van der Waals surface area (Å²) in [6.45, 7) is 2.45. The van der Waals surface area contributed by atoms with Crippen molar-refractivity contribution in [1.29, 1.82) is 0 Å². The zero-order valence-corrected chi connectivity index (χ0v) is 75.9. The van der Waals surface area contributed by atoms with Gasteiger partial charge in [0.25, 0.3) is 0 Å². The number of aromatic amines is 1. The fourth-order valence-corrected chi connectivity index (χ4v) is 19.6. The van der Waals surface area contributed by atoms with Gasteiger partial charge in [-0.05, 0) is 111 Å². The molecule has 11 rings (SSSR count). The molecule has 6 aliphatic rings. The highest BCUT2D eigenvalue weighted by Crippen LogP contribution is 2.35. The predicted octanol–water partition coefficient (Wildman–Crippen LogP) is -1.27. The van der Waals surface area contributed by atoms with E-state index in [1.54, 1.807) is 68.6 Å². The molecule has 4 bridgehead atoms. The number of aromatic nitrogens is 2. The summed E-state index contributed by atoms with van der Waals surface area (Å²) in [5, 5.41) is 71.4. The number of carbonyl (C=O) groups excluding carboxylic acids is 16. The lowest BCUT2D eigenvalue weighted by molar-refractivity contribution is -0.147. The number of benzene rings is 3. The molecule has 2 aromatic heterocycles. The Hall–Kier alpha value is -12.2. The number of unbranched alkanes of at least 4 members (excludes halogenated alkanes) is 1. The van der Waals surface area contributed by atoms with Crippen molar-refractivity contribution in [3.8, 4) is 5.75 Å². The van der Waals surface area contributed by atoms with Gasteiger partial charge in [-0.15, -0.1) is 11.8 Å². The summed E-state index contributed by atoms with van der Waals surface area (Å²) >= 11 is 0.842. The van der Waals surface area contributed by atoms with E-state index in [0.717, 1.165) is 32.9 Å². The molecule has 40 nitrogen and oxygen atoms in total. The number of amides is 16. The van der Waals surface area contributed by atoms with Gasteiger partial charge in [0.2, 0.25) is 94.5 Å². The first-order valence-corrected chi connectivity index (χ1v) is 46.7. The van der Waals surface area contributed by atoms with Gasteiger partial charge in [-0.3, -0.25) is 81.5 Å². The molecule has 16 amide bonds. The Kier molecular flexibility index (Phi) is 35.5. The van der Waals surface area contributed by atoms with Gasteiger partial charge in [-0.1, -0.05) is 121 Å². The van der Waals surface area contributed by atoms with E-state index in [2.05, 4.69) is 58.2 Å². The van der Waals surface area contributed by atoms with Crippen LogP contribution in [0.25, 0.3) is 21.8 Å². The lowest BCUT2D eigenvalue weighted by Gasteiger charge is -2.38. The first-order valence-electron chi connectivity index (χ1n) is 45.6. The summed E-state index contributed by atoms with van der Waals surface area (Å²) < 4.78 is 1.45. The molecule has 3 unspecified atom stereocenters. The normalized spacial score (nSPS) is 27.3. The van der Waals surface area contributed by atoms with Gasteiger partial charge in [0.15, 0.2) is 0 Å². The van der Waals surface area contributed by atoms with Gasteiger partial charge in [-0.2, -0.15) is 0 Å². The van der Waals surface area contributed by atoms with Crippen molar-refractivity contribution >= 4 is 134 Å². The molecule has 0 saturated carbocycles. The van der Waals surface area contributed by atoms with Crippen molar-refractivity contribution in [2.75, 3.05) is 58.3 Å². The number of rotatable bonds is 18. The third-order valence-electron chi connectivity index (χ3n) is 25.5. The van der Waals surface area contributed by atoms with Crippen molar-refractivity contribution < 1.29 is 102 Å². The number of aliphatic carboxylic acids is 1. The van der Waals surface area contributed by atoms with E-state index in [1.807, 2.05) is 6.92 Å². The number of primary amides is 1. The fraction of sp³-hybridized carbons (Fsp3) is 0.571. The summed E-state index contributed by atoms with van der Waals surface area (Å²) in [5.41, 5.74) is 14.2. The number of carbonyl (C=O) groups is 17. The minimum atomic E-state index is -1.65. The van der Waals surface area contributed by atoms with Crippen LogP contribution >= 0.6 is 11.8 Å². The van der Waals surface area contributed by atoms with Crippen LogP contribution in [0.3, 0.4) is 0 Å². The number of thioether (sulfide) groups is 1. The number of aliphatic hydroxyl groups excluding tert-OH is 2. The summed E-state index contributed by atoms with van der Waals surface area (Å²) in [6.07, 6.45) is 4.13. The van der Waals surface area contributed by atoms with E-state index in [1.165, 1.54) is 58.9 Å². The standard InChI is InChI=1S/C91H125N19O21S/c1-6-7-20-62-87(127)105(4)70-24-13-11-9-8-10-12-22-63(101-84(70)124)88(128)106(5)74(83(123)95-42-75(93)114)48-132-49-77(116)98-68(36-51-25-29-55(111)30-26-51)90(130)109-46-56(112)39-72(109)85(125)102-64-31-27-54-28-32-71(110(54)91(64)131)82(122)96-43-76(115)97-67(35-50(2)3)89(129)108-45-57(113)40-73(108)86(126)104-65(37-52-41-94-60-21-16-14-18-58(52)60)80(120)99-61(33-34-92)79(119)103-66(81(121)100-62)38-53-44-107(47-78(117)118)69-23-17-15-19-59(53)69/h14-19,21,23,25-26,29-30,41,44,50,54,56-57,61-68,70-74,94,111-113H,6-13,20,22,24,27-28,31-40,42-43,45-49,92H2,1-5H3,(H2,93,114)(H,95,123)(H,96,122)(H,97,115)(H,98,116)(H,99,120)(H,100,121)(H,101,124)(H,102,125)(H,103,119)(H,104,126)(H,117,118)/t54?,56-,57+,61-,62?,63-,64+,65-,66-,67-,68-,70?,71+,72-,73-,74-/m0/s1. The molecule has 716 valence electrons. The molecule has 0 spiro atoms. The molecule has 0 aliphatic carbocycles. The summed E-state index contributed by atoms with van der Waals surface area (Å²) in [5.74, 6) is -15.9. The number of phenolic OH excluding ortho intramolecular Hbond substituents is 1. The Morgan fingerprint density at radius 2 is 1.11 bits per heavy atom. The minimum Gasteiger partial charge on any atom is -0.508 e. The molecule has 0 radical (unpaired) electrons. The fourth-order valence-electron chi connectivity index (χ4n) is 18.6. The highest BCUT2D eigenvalue weighted by Gasteiger charge is 2.50. The maximum atomic E-state index is 15.6. The van der Waals surface area contributed by atoms with Gasteiger partial charge >= 0.3 is 5.97 Å². The smallest absolute Gasteiger partial charge is 0.323 e. The number of likely N-dealkylation sites (N-methyl/N-ethyl adjacent to an activating group) is 2. The monoisotopic (exact) mass is 1850 g/mol. The van der Waals surface area contributed by atoms with Crippen LogP contribution in [0.15, 0.2) is 85.2 Å². The lowest BCUT2D eigenvalue weighted by atomic mass is 9.97. The molecule has 132 heavy (non-hydrogen) atoms. The zero-order valence-electron chi connectivity index (χ0n) is 75.1. The lowest BCUT2D eigenvalue weighted by Crippen LogP contribution is -2.61. The molecule has 3 aromatic carbocycles. The van der Waals surface area contributed by atoms with Crippen LogP contribution in [0.1, 0.15) is 159 Å². The minimum absolute atomic E-state index is 0.0141. The molecule has 8 heterocycles. The van der Waals surface area contributed by atoms with E-state index in [9.17, 15) is 58.8 Å². The number of H-pyrrole nitrogens is 1. The van der Waals surface area contributed by atoms with E-state index < -0.39 is 236 Å². The number of aliphatic hydroxyl groups is 2. The van der Waals surface area contributed by atoms with Crippen LogP contribution in [0.5, 0.6) is 5.75 Å². The molecule has 16 atom stereocenters. The number of nitrogens with one attached hydrogen (secondary N) is 11. The van der Waals surface area contributed by atoms with Crippen LogP contribution in [0.4, 0.5) is 0 Å². The summed E-state index contributed by atoms with van der Waals surface area (Å²) in [4.78, 5) is 258. The largest absolute Gasteiger partial charge is 0.508 e. The number of carboxylic acids is 1. The quantitative estimate of drug-likeness (QED) is 0.0486. The topological polar surface area (TPSA) is 580 Å². The van der Waals surface area contributed by atoms with Crippen LogP contribution in [0.2, 0.25) is 0 Å². The molecule has 6 aliphatic heterocycles. The zero-order chi connectivity index (χ0) is 95.3. The summed E-state index contributed by atoms with van der Waals surface area (Å²) in [7, 11) is 2.67. The van der Waals surface area contributed by atoms with E-state index in [0.29, 0.717) is 96.3 Å². The number of phenols is 1. The second-order valence-corrected chi connectivity index (χ2v) is 36.7. The molecule has 6 fully saturated rings. The van der Waals surface area contributed by atoms with Crippen molar-refractivity contribution in [2.45, 2.75) is 265 Å². The van der Waals surface area contributed by atoms with Crippen molar-refractivity contribution in [2.24, 2.45) is 17.4 Å². The number of para-hydroxylation sites is 2. The number of hydrogen-bond donors (Lipinski definition) is 17. The maximum absolute atomic E-state index is 15.6. The Bertz CT molecular complexity index is 5050. The number of fused-ring (bicyclic) bond motifs is 8. The highest BCUT2D eigenvalue weighted by atomic mass is 32.2. The molecule has 19 N–H and O–H groups in total. The molecule has 6 saturated heterocycles.